The number of tetrazole rings is 1. The molecule has 1 fully saturated rings. The van der Waals surface area contributed by atoms with E-state index in [1.165, 1.54) is 47.6 Å². The lowest BCUT2D eigenvalue weighted by Crippen LogP contribution is -2.45. The number of halogens is 3. The van der Waals surface area contributed by atoms with Crippen LogP contribution in [-0.4, -0.2) is 68.4 Å². The van der Waals surface area contributed by atoms with E-state index in [2.05, 4.69) is 30.9 Å². The molecule has 10 nitrogen and oxygen atoms in total. The third-order valence-corrected chi connectivity index (χ3v) is 6.99. The maximum Gasteiger partial charge on any atom is 0.338 e. The van der Waals surface area contributed by atoms with Crippen LogP contribution in [0.3, 0.4) is 0 Å². The molecule has 4 heterocycles. The number of esters is 1. The lowest BCUT2D eigenvalue weighted by molar-refractivity contribution is -0.137. The normalized spacial score (nSPS) is 23.9. The van der Waals surface area contributed by atoms with Gasteiger partial charge in [-0.05, 0) is 24.6 Å². The summed E-state index contributed by atoms with van der Waals surface area (Å²) in [4.78, 5) is 23.7. The third-order valence-electron chi connectivity index (χ3n) is 6.21. The van der Waals surface area contributed by atoms with E-state index in [0.717, 1.165) is 0 Å². The van der Waals surface area contributed by atoms with E-state index in [-0.39, 0.29) is 17.9 Å². The number of aromatic amines is 1. The Bertz CT molecular complexity index is 1310. The number of carbonyl (C=O) groups is 1. The molecule has 2 aliphatic heterocycles. The molecule has 0 spiro atoms. The molecular formula is C22H21F3N8O2S. The Kier molecular flexibility index (Phi) is 6.08. The Morgan fingerprint density at radius 2 is 2.08 bits per heavy atom. The molecular weight excluding hydrogens is 497 g/mol. The largest absolute Gasteiger partial charge is 0.466 e. The second-order valence-corrected chi connectivity index (χ2v) is 9.49. The number of hydrogen-bond acceptors (Lipinski definition) is 10. The van der Waals surface area contributed by atoms with Crippen LogP contribution in [0.1, 0.15) is 35.8 Å². The molecule has 188 valence electrons. The van der Waals surface area contributed by atoms with Crippen LogP contribution < -0.4 is 5.32 Å². The fraction of sp³-hybridized carbons (Fsp3) is 0.364. The molecule has 0 bridgehead atoms. The Labute approximate surface area is 207 Å². The predicted octanol–water partition coefficient (Wildman–Crippen LogP) is 2.57. The first-order chi connectivity index (χ1) is 17.2. The van der Waals surface area contributed by atoms with Crippen LogP contribution in [0.5, 0.6) is 0 Å². The van der Waals surface area contributed by atoms with Crippen molar-refractivity contribution in [3.8, 4) is 0 Å². The predicted molar refractivity (Wildman–Crippen MR) is 123 cm³/mol. The molecule has 2 atom stereocenters. The van der Waals surface area contributed by atoms with Gasteiger partial charge in [-0.25, -0.2) is 27.9 Å². The van der Waals surface area contributed by atoms with Crippen LogP contribution >= 0.6 is 11.3 Å². The zero-order valence-corrected chi connectivity index (χ0v) is 20.0. The summed E-state index contributed by atoms with van der Waals surface area (Å²) in [5.41, 5.74) is -0.399. The van der Waals surface area contributed by atoms with Gasteiger partial charge < -0.3 is 10.1 Å². The van der Waals surface area contributed by atoms with Gasteiger partial charge in [0.2, 0.25) is 0 Å². The first kappa shape index (κ1) is 24.1. The number of nitrogens with zero attached hydrogens (tertiary/aromatic N) is 6. The van der Waals surface area contributed by atoms with Crippen molar-refractivity contribution in [1.29, 1.82) is 0 Å². The zero-order chi connectivity index (χ0) is 25.5. The van der Waals surface area contributed by atoms with Crippen molar-refractivity contribution in [3.63, 3.8) is 0 Å². The number of H-pyrrole nitrogens is 1. The minimum Gasteiger partial charge on any atom is -0.466 e. The standard InChI is InChI=1S/C22H21F3N8O2S/c1-21(12-3-5-13(23)6-4-12)16(20(34)35-2)14(27-18(28-21)19-26-7-8-36-19)10-33-11-22(24,25)9-15(33)17-29-31-32-30-17/h3-8,15H,9-11H2,1-2H3,(H,27,28)(H,29,30,31,32). The molecule has 0 radical (unpaired) electrons. The highest BCUT2D eigenvalue weighted by Gasteiger charge is 2.49. The van der Waals surface area contributed by atoms with Gasteiger partial charge in [0.05, 0.1) is 25.3 Å². The van der Waals surface area contributed by atoms with E-state index in [4.69, 9.17) is 9.73 Å². The van der Waals surface area contributed by atoms with Crippen LogP contribution in [0.2, 0.25) is 0 Å². The van der Waals surface area contributed by atoms with Gasteiger partial charge in [-0.2, -0.15) is 5.21 Å². The molecule has 2 N–H and O–H groups in total. The van der Waals surface area contributed by atoms with Crippen LogP contribution in [0.15, 0.2) is 52.1 Å². The van der Waals surface area contributed by atoms with Crippen LogP contribution in [0.4, 0.5) is 13.2 Å². The molecule has 1 aromatic carbocycles. The number of hydrogen-bond donors (Lipinski definition) is 2. The van der Waals surface area contributed by atoms with E-state index < -0.39 is 42.3 Å². The first-order valence-electron chi connectivity index (χ1n) is 10.9. The molecule has 2 unspecified atom stereocenters. The molecule has 1 saturated heterocycles. The summed E-state index contributed by atoms with van der Waals surface area (Å²) < 4.78 is 47.9. The third kappa shape index (κ3) is 4.37. The van der Waals surface area contributed by atoms with Crippen molar-refractivity contribution < 1.29 is 22.7 Å². The average Bonchev–Trinajstić information content (AvgIpc) is 3.60. The van der Waals surface area contributed by atoms with Crippen molar-refractivity contribution in [2.24, 2.45) is 4.99 Å². The van der Waals surface area contributed by atoms with Gasteiger partial charge in [0.25, 0.3) is 5.92 Å². The number of ether oxygens (including phenoxy) is 1. The number of thiazole rings is 1. The Morgan fingerprint density at radius 1 is 1.31 bits per heavy atom. The number of aliphatic imine (C=N–C) groups is 1. The molecule has 0 aliphatic carbocycles. The van der Waals surface area contributed by atoms with Gasteiger partial charge >= 0.3 is 5.97 Å². The highest BCUT2D eigenvalue weighted by atomic mass is 32.1. The van der Waals surface area contributed by atoms with Crippen molar-refractivity contribution in [3.05, 3.63) is 69.3 Å². The second kappa shape index (κ2) is 9.09. The van der Waals surface area contributed by atoms with E-state index in [0.29, 0.717) is 22.1 Å². The van der Waals surface area contributed by atoms with Gasteiger partial charge in [0, 0.05) is 30.2 Å². The van der Waals surface area contributed by atoms with Gasteiger partial charge in [-0.1, -0.05) is 17.3 Å². The van der Waals surface area contributed by atoms with Crippen molar-refractivity contribution >= 4 is 23.1 Å². The smallest absolute Gasteiger partial charge is 0.338 e. The zero-order valence-electron chi connectivity index (χ0n) is 19.2. The number of carbonyl (C=O) groups excluding carboxylic acids is 1. The number of alkyl halides is 2. The average molecular weight is 519 g/mol. The van der Waals surface area contributed by atoms with Gasteiger partial charge in [-0.3, -0.25) is 4.90 Å². The quantitative estimate of drug-likeness (QED) is 0.478. The molecule has 3 aromatic rings. The first-order valence-corrected chi connectivity index (χ1v) is 11.8. The molecule has 0 saturated carbocycles. The van der Waals surface area contributed by atoms with Crippen LogP contribution in [0, 0.1) is 5.82 Å². The Morgan fingerprint density at radius 3 is 2.72 bits per heavy atom. The number of amidine groups is 1. The highest BCUT2D eigenvalue weighted by molar-refractivity contribution is 7.11. The summed E-state index contributed by atoms with van der Waals surface area (Å²) in [6.07, 6.45) is 1.10. The maximum atomic E-state index is 14.5. The molecule has 5 rings (SSSR count). The Balaban J connectivity index is 1.63. The topological polar surface area (TPSA) is 121 Å². The van der Waals surface area contributed by atoms with Crippen LogP contribution in [-0.2, 0) is 15.1 Å². The summed E-state index contributed by atoms with van der Waals surface area (Å²) in [6, 6.07) is 4.74. The van der Waals surface area contributed by atoms with E-state index in [9.17, 15) is 18.0 Å². The monoisotopic (exact) mass is 518 g/mol. The van der Waals surface area contributed by atoms with Crippen molar-refractivity contribution in [1.82, 2.24) is 35.8 Å². The highest BCUT2D eigenvalue weighted by Crippen LogP contribution is 2.43. The SMILES string of the molecule is COC(=O)C1=C(CN2CC(F)(F)CC2c2nn[nH]n2)NC(c2nccs2)=NC1(C)c1ccc(F)cc1. The lowest BCUT2D eigenvalue weighted by Gasteiger charge is -2.36. The fourth-order valence-corrected chi connectivity index (χ4v) is 5.17. The number of methoxy groups -OCH3 is 1. The van der Waals surface area contributed by atoms with Crippen molar-refractivity contribution in [2.75, 3.05) is 20.2 Å². The van der Waals surface area contributed by atoms with E-state index in [1.54, 1.807) is 18.5 Å². The minimum absolute atomic E-state index is 0.0968. The number of benzene rings is 1. The maximum absolute atomic E-state index is 14.5. The molecule has 14 heteroatoms. The number of rotatable bonds is 6. The number of nitrogens with one attached hydrogen (secondary N) is 2. The minimum atomic E-state index is -3.00. The van der Waals surface area contributed by atoms with E-state index >= 15 is 0 Å². The molecule has 2 aromatic heterocycles. The van der Waals surface area contributed by atoms with Gasteiger partial charge in [-0.15, -0.1) is 21.5 Å². The van der Waals surface area contributed by atoms with Crippen LogP contribution in [0.25, 0.3) is 0 Å². The molecule has 2 aliphatic rings. The van der Waals surface area contributed by atoms with Gasteiger partial charge in [0.15, 0.2) is 16.7 Å². The summed E-state index contributed by atoms with van der Waals surface area (Å²) in [6.45, 7) is 1.01. The van der Waals surface area contributed by atoms with Crippen molar-refractivity contribution in [2.45, 2.75) is 30.8 Å². The van der Waals surface area contributed by atoms with Gasteiger partial charge in [0.1, 0.15) is 11.4 Å². The summed E-state index contributed by atoms with van der Waals surface area (Å²) in [7, 11) is 1.23. The second-order valence-electron chi connectivity index (χ2n) is 8.60. The summed E-state index contributed by atoms with van der Waals surface area (Å²) in [5, 5.41) is 19.0. The number of aromatic nitrogens is 5. The molecule has 0 amide bonds. The lowest BCUT2D eigenvalue weighted by atomic mass is 9.82. The summed E-state index contributed by atoms with van der Waals surface area (Å²) in [5.74, 6) is -3.68. The fourth-order valence-electron chi connectivity index (χ4n) is 4.59. The molecule has 36 heavy (non-hydrogen) atoms. The van der Waals surface area contributed by atoms with E-state index in [1.807, 2.05) is 0 Å². The summed E-state index contributed by atoms with van der Waals surface area (Å²) >= 11 is 1.32. The number of likely N-dealkylation sites (tertiary alicyclic amines) is 1. The Hall–Kier alpha value is -3.65.